The lowest BCUT2D eigenvalue weighted by atomic mass is 10.1. The number of amidine groups is 1. The van der Waals surface area contributed by atoms with Crippen LogP contribution in [0.4, 0.5) is 0 Å². The highest BCUT2D eigenvalue weighted by Gasteiger charge is 2.30. The van der Waals surface area contributed by atoms with Crippen LogP contribution in [-0.2, 0) is 9.84 Å². The minimum atomic E-state index is -2.92. The minimum absolute atomic E-state index is 0.112. The zero-order chi connectivity index (χ0) is 14.0. The van der Waals surface area contributed by atoms with Gasteiger partial charge >= 0.3 is 0 Å². The van der Waals surface area contributed by atoms with E-state index in [0.29, 0.717) is 12.2 Å². The number of ether oxygens (including phenoxy) is 1. The molecule has 0 radical (unpaired) electrons. The van der Waals surface area contributed by atoms with E-state index in [1.54, 1.807) is 0 Å². The first kappa shape index (κ1) is 13.4. The van der Waals surface area contributed by atoms with Crippen molar-refractivity contribution >= 4 is 15.7 Å². The molecule has 3 rings (SSSR count). The number of sulfone groups is 1. The third kappa shape index (κ3) is 2.95. The van der Waals surface area contributed by atoms with Crippen molar-refractivity contribution in [3.05, 3.63) is 29.8 Å². The molecule has 0 spiro atoms. The normalized spacial score (nSPS) is 24.8. The number of nitrogens with one attached hydrogen (secondary N) is 1. The Labute approximate surface area is 119 Å². The van der Waals surface area contributed by atoms with E-state index in [-0.39, 0.29) is 17.6 Å². The Kier molecular flexibility index (Phi) is 3.65. The van der Waals surface area contributed by atoms with Crippen molar-refractivity contribution in [1.29, 1.82) is 0 Å². The topological polar surface area (TPSA) is 67.8 Å². The Bertz CT molecular complexity index is 625. The molecule has 1 fully saturated rings. The molecule has 2 heterocycles. The minimum Gasteiger partial charge on any atom is -0.489 e. The van der Waals surface area contributed by atoms with Gasteiger partial charge in [-0.3, -0.25) is 4.99 Å². The Hall–Kier alpha value is -1.56. The Morgan fingerprint density at radius 1 is 1.30 bits per heavy atom. The van der Waals surface area contributed by atoms with Crippen LogP contribution in [0.5, 0.6) is 5.75 Å². The molecule has 0 bridgehead atoms. The van der Waals surface area contributed by atoms with Crippen molar-refractivity contribution in [2.75, 3.05) is 24.6 Å². The SMILES string of the molecule is O=S1(=O)CCC(Oc2ccccc2C2=NCCCN2)C1. The van der Waals surface area contributed by atoms with Crippen molar-refractivity contribution in [3.8, 4) is 5.75 Å². The highest BCUT2D eigenvalue weighted by Crippen LogP contribution is 2.24. The average molecular weight is 294 g/mol. The molecule has 1 N–H and O–H groups in total. The maximum Gasteiger partial charge on any atom is 0.154 e. The van der Waals surface area contributed by atoms with Gasteiger partial charge in [-0.15, -0.1) is 0 Å². The summed E-state index contributed by atoms with van der Waals surface area (Å²) in [5, 5.41) is 3.27. The predicted molar refractivity (Wildman–Crippen MR) is 78.2 cm³/mol. The summed E-state index contributed by atoms with van der Waals surface area (Å²) in [6.45, 7) is 1.72. The molecule has 1 atom stereocenters. The predicted octanol–water partition coefficient (Wildman–Crippen LogP) is 0.992. The lowest BCUT2D eigenvalue weighted by Gasteiger charge is -2.19. The van der Waals surface area contributed by atoms with E-state index in [2.05, 4.69) is 10.3 Å². The van der Waals surface area contributed by atoms with Gasteiger partial charge in [-0.1, -0.05) is 12.1 Å². The summed E-state index contributed by atoms with van der Waals surface area (Å²) in [7, 11) is -2.92. The van der Waals surface area contributed by atoms with Crippen LogP contribution in [0.25, 0.3) is 0 Å². The van der Waals surface area contributed by atoms with E-state index in [9.17, 15) is 8.42 Å². The highest BCUT2D eigenvalue weighted by molar-refractivity contribution is 7.91. The van der Waals surface area contributed by atoms with Crippen LogP contribution in [0.15, 0.2) is 29.3 Å². The second-order valence-corrected chi connectivity index (χ2v) is 7.38. The monoisotopic (exact) mass is 294 g/mol. The van der Waals surface area contributed by atoms with Crippen LogP contribution < -0.4 is 10.1 Å². The quantitative estimate of drug-likeness (QED) is 0.903. The summed E-state index contributed by atoms with van der Waals surface area (Å²) in [6.07, 6.45) is 1.36. The van der Waals surface area contributed by atoms with E-state index in [4.69, 9.17) is 4.74 Å². The summed E-state index contributed by atoms with van der Waals surface area (Å²) in [4.78, 5) is 4.47. The number of para-hydroxylation sites is 1. The molecular formula is C14H18N2O3S. The lowest BCUT2D eigenvalue weighted by Crippen LogP contribution is -2.31. The molecule has 6 heteroatoms. The molecular weight excluding hydrogens is 276 g/mol. The van der Waals surface area contributed by atoms with Gasteiger partial charge in [-0.05, 0) is 25.0 Å². The molecule has 20 heavy (non-hydrogen) atoms. The van der Waals surface area contributed by atoms with Crippen LogP contribution in [-0.4, -0.2) is 45.0 Å². The number of nitrogens with zero attached hydrogens (tertiary/aromatic N) is 1. The molecule has 0 aromatic heterocycles. The molecule has 0 saturated carbocycles. The second kappa shape index (κ2) is 5.44. The summed E-state index contributed by atoms with van der Waals surface area (Å²) in [5.41, 5.74) is 0.913. The highest BCUT2D eigenvalue weighted by atomic mass is 32.2. The molecule has 108 valence electrons. The van der Waals surface area contributed by atoms with E-state index in [0.717, 1.165) is 30.9 Å². The fraction of sp³-hybridized carbons (Fsp3) is 0.500. The first-order chi connectivity index (χ1) is 9.64. The molecule has 2 aliphatic heterocycles. The molecule has 0 aliphatic carbocycles. The Balaban J connectivity index is 1.81. The molecule has 1 aromatic carbocycles. The van der Waals surface area contributed by atoms with Gasteiger partial charge in [-0.2, -0.15) is 0 Å². The maximum atomic E-state index is 11.5. The van der Waals surface area contributed by atoms with Gasteiger partial charge in [-0.25, -0.2) is 8.42 Å². The number of aliphatic imine (C=N–C) groups is 1. The van der Waals surface area contributed by atoms with Gasteiger partial charge in [0.2, 0.25) is 0 Å². The van der Waals surface area contributed by atoms with Gasteiger partial charge in [0.1, 0.15) is 17.7 Å². The van der Waals surface area contributed by atoms with E-state index in [1.807, 2.05) is 24.3 Å². The number of rotatable bonds is 3. The smallest absolute Gasteiger partial charge is 0.154 e. The molecule has 1 aromatic rings. The summed E-state index contributed by atoms with van der Waals surface area (Å²) in [6, 6.07) is 7.66. The summed E-state index contributed by atoms with van der Waals surface area (Å²) < 4.78 is 28.9. The van der Waals surface area contributed by atoms with Crippen molar-refractivity contribution in [2.24, 2.45) is 4.99 Å². The standard InChI is InChI=1S/C14H18N2O3S/c17-20(18)9-6-11(10-20)19-13-5-2-1-4-12(13)14-15-7-3-8-16-14/h1-2,4-5,11H,3,6-10H2,(H,15,16). The number of hydrogen-bond donors (Lipinski definition) is 1. The first-order valence-electron chi connectivity index (χ1n) is 6.89. The Morgan fingerprint density at radius 2 is 2.15 bits per heavy atom. The van der Waals surface area contributed by atoms with Gasteiger partial charge in [0, 0.05) is 13.1 Å². The van der Waals surface area contributed by atoms with Gasteiger partial charge < -0.3 is 10.1 Å². The second-order valence-electron chi connectivity index (χ2n) is 5.15. The van der Waals surface area contributed by atoms with Gasteiger partial charge in [0.25, 0.3) is 0 Å². The number of benzene rings is 1. The largest absolute Gasteiger partial charge is 0.489 e. The van der Waals surface area contributed by atoms with Gasteiger partial charge in [0.15, 0.2) is 9.84 Å². The van der Waals surface area contributed by atoms with Gasteiger partial charge in [0.05, 0.1) is 17.1 Å². The summed E-state index contributed by atoms with van der Waals surface area (Å²) in [5.74, 6) is 1.88. The third-order valence-electron chi connectivity index (χ3n) is 3.52. The van der Waals surface area contributed by atoms with Crippen LogP contribution >= 0.6 is 0 Å². The van der Waals surface area contributed by atoms with E-state index < -0.39 is 9.84 Å². The lowest BCUT2D eigenvalue weighted by molar-refractivity contribution is 0.228. The molecule has 0 amide bonds. The fourth-order valence-corrected chi connectivity index (χ4v) is 4.10. The molecule has 2 aliphatic rings. The van der Waals surface area contributed by atoms with Crippen molar-refractivity contribution in [2.45, 2.75) is 18.9 Å². The summed E-state index contributed by atoms with van der Waals surface area (Å²) >= 11 is 0. The van der Waals surface area contributed by atoms with Crippen molar-refractivity contribution in [3.63, 3.8) is 0 Å². The van der Waals surface area contributed by atoms with Crippen LogP contribution in [0, 0.1) is 0 Å². The average Bonchev–Trinajstić information content (AvgIpc) is 2.79. The van der Waals surface area contributed by atoms with Crippen LogP contribution in [0.1, 0.15) is 18.4 Å². The number of hydrogen-bond acceptors (Lipinski definition) is 5. The Morgan fingerprint density at radius 3 is 2.85 bits per heavy atom. The fourth-order valence-electron chi connectivity index (χ4n) is 2.51. The van der Waals surface area contributed by atoms with Crippen molar-refractivity contribution < 1.29 is 13.2 Å². The zero-order valence-electron chi connectivity index (χ0n) is 11.2. The molecule has 1 saturated heterocycles. The maximum absolute atomic E-state index is 11.5. The molecule has 1 unspecified atom stereocenters. The van der Waals surface area contributed by atoms with E-state index >= 15 is 0 Å². The van der Waals surface area contributed by atoms with Crippen LogP contribution in [0.2, 0.25) is 0 Å². The first-order valence-corrected chi connectivity index (χ1v) is 8.71. The van der Waals surface area contributed by atoms with E-state index in [1.165, 1.54) is 0 Å². The zero-order valence-corrected chi connectivity index (χ0v) is 12.0. The van der Waals surface area contributed by atoms with Crippen LogP contribution in [0.3, 0.4) is 0 Å². The molecule has 5 nitrogen and oxygen atoms in total. The van der Waals surface area contributed by atoms with Crippen molar-refractivity contribution in [1.82, 2.24) is 5.32 Å². The third-order valence-corrected chi connectivity index (χ3v) is 5.26.